The molecule has 1 fully saturated rings. The van der Waals surface area contributed by atoms with Crippen LogP contribution in [0, 0.1) is 12.7 Å². The molecule has 0 aromatic heterocycles. The molecule has 8 nitrogen and oxygen atoms in total. The SMILES string of the molecule is COC(=O)C(C)(C)Oc1ccc(Cl)cc1C1CC(=O)NC(c2cc(F)ccc2C)C12C(=O)N(C(C)=O)c1cc(Cl)ccc12. The summed E-state index contributed by atoms with van der Waals surface area (Å²) in [6, 6.07) is 12.5. The lowest BCUT2D eigenvalue weighted by atomic mass is 9.58. The number of nitrogens with one attached hydrogen (secondary N) is 1. The summed E-state index contributed by atoms with van der Waals surface area (Å²) in [6.45, 7) is 6.05. The number of imide groups is 1. The number of hydrogen-bond donors (Lipinski definition) is 1. The maximum atomic E-state index is 14.9. The Balaban J connectivity index is 1.87. The number of hydrogen-bond acceptors (Lipinski definition) is 6. The van der Waals surface area contributed by atoms with Gasteiger partial charge in [0, 0.05) is 34.9 Å². The van der Waals surface area contributed by atoms with Crippen LogP contribution in [0.25, 0.3) is 0 Å². The van der Waals surface area contributed by atoms with E-state index < -0.39 is 52.5 Å². The topological polar surface area (TPSA) is 102 Å². The normalized spacial score (nSPS) is 21.4. The molecule has 3 aromatic carbocycles. The number of anilines is 1. The van der Waals surface area contributed by atoms with Crippen molar-refractivity contribution in [1.82, 2.24) is 5.32 Å². The van der Waals surface area contributed by atoms with Crippen LogP contribution >= 0.6 is 23.2 Å². The van der Waals surface area contributed by atoms with E-state index in [0.29, 0.717) is 22.3 Å². The van der Waals surface area contributed by atoms with Gasteiger partial charge < -0.3 is 14.8 Å². The molecular weight excluding hydrogens is 598 g/mol. The summed E-state index contributed by atoms with van der Waals surface area (Å²) >= 11 is 12.9. The Bertz CT molecular complexity index is 1690. The lowest BCUT2D eigenvalue weighted by Gasteiger charge is -2.47. The predicted octanol–water partition coefficient (Wildman–Crippen LogP) is 5.95. The van der Waals surface area contributed by atoms with E-state index >= 15 is 0 Å². The second kappa shape index (κ2) is 11.0. The molecule has 1 saturated heterocycles. The molecule has 5 rings (SSSR count). The first kappa shape index (κ1) is 30.5. The number of rotatable bonds is 5. The molecule has 3 atom stereocenters. The highest BCUT2D eigenvalue weighted by Gasteiger charge is 2.64. The van der Waals surface area contributed by atoms with Crippen LogP contribution in [-0.2, 0) is 29.3 Å². The van der Waals surface area contributed by atoms with Gasteiger partial charge >= 0.3 is 5.97 Å². The highest BCUT2D eigenvalue weighted by Crippen LogP contribution is 2.60. The number of carbonyl (C=O) groups is 4. The highest BCUT2D eigenvalue weighted by molar-refractivity contribution is 6.32. The van der Waals surface area contributed by atoms with Gasteiger partial charge in [-0.25, -0.2) is 14.1 Å². The molecule has 43 heavy (non-hydrogen) atoms. The van der Waals surface area contributed by atoms with E-state index in [1.54, 1.807) is 43.3 Å². The van der Waals surface area contributed by atoms with Gasteiger partial charge in [-0.05, 0) is 79.9 Å². The van der Waals surface area contributed by atoms with Crippen LogP contribution < -0.4 is 15.0 Å². The first-order chi connectivity index (χ1) is 20.2. The van der Waals surface area contributed by atoms with Gasteiger partial charge in [0.05, 0.1) is 18.8 Å². The van der Waals surface area contributed by atoms with Crippen molar-refractivity contribution in [1.29, 1.82) is 0 Å². The summed E-state index contributed by atoms with van der Waals surface area (Å²) in [7, 11) is 1.23. The smallest absolute Gasteiger partial charge is 0.349 e. The summed E-state index contributed by atoms with van der Waals surface area (Å²) in [5.41, 5.74) is -1.16. The number of nitrogens with zero attached hydrogens (tertiary/aromatic N) is 1. The van der Waals surface area contributed by atoms with Gasteiger partial charge in [-0.15, -0.1) is 0 Å². The average molecular weight is 627 g/mol. The molecule has 224 valence electrons. The van der Waals surface area contributed by atoms with Crippen LogP contribution in [0.15, 0.2) is 54.6 Å². The Morgan fingerprint density at radius 2 is 1.70 bits per heavy atom. The third kappa shape index (κ3) is 4.94. The average Bonchev–Trinajstić information content (AvgIpc) is 3.19. The Morgan fingerprint density at radius 1 is 1.02 bits per heavy atom. The number of esters is 1. The number of carbonyl (C=O) groups excluding carboxylic acids is 4. The number of piperidine rings is 1. The van der Waals surface area contributed by atoms with E-state index in [1.807, 2.05) is 0 Å². The first-order valence-corrected chi connectivity index (χ1v) is 14.3. The minimum Gasteiger partial charge on any atom is -0.476 e. The molecule has 1 spiro atoms. The fourth-order valence-electron chi connectivity index (χ4n) is 6.31. The number of aryl methyl sites for hydroxylation is 1. The molecule has 2 heterocycles. The van der Waals surface area contributed by atoms with E-state index in [2.05, 4.69) is 5.32 Å². The molecular formula is C32H29Cl2FN2O6. The second-order valence-electron chi connectivity index (χ2n) is 11.2. The zero-order valence-electron chi connectivity index (χ0n) is 24.1. The largest absolute Gasteiger partial charge is 0.476 e. The Morgan fingerprint density at radius 3 is 2.37 bits per heavy atom. The van der Waals surface area contributed by atoms with E-state index in [4.69, 9.17) is 32.7 Å². The van der Waals surface area contributed by atoms with E-state index in [0.717, 1.165) is 4.90 Å². The molecule has 2 aliphatic heterocycles. The molecule has 0 bridgehead atoms. The molecule has 3 amide bonds. The second-order valence-corrected chi connectivity index (χ2v) is 12.1. The van der Waals surface area contributed by atoms with Crippen molar-refractivity contribution < 1.29 is 33.0 Å². The minimum absolute atomic E-state index is 0.179. The number of benzene rings is 3. The van der Waals surface area contributed by atoms with Crippen LogP contribution in [0.5, 0.6) is 5.75 Å². The van der Waals surface area contributed by atoms with E-state index in [-0.39, 0.29) is 27.9 Å². The van der Waals surface area contributed by atoms with Crippen molar-refractivity contribution in [3.05, 3.63) is 92.7 Å². The fourth-order valence-corrected chi connectivity index (χ4v) is 6.65. The number of ether oxygens (including phenoxy) is 2. The van der Waals surface area contributed by atoms with Crippen molar-refractivity contribution in [3.8, 4) is 5.75 Å². The molecule has 11 heteroatoms. The zero-order chi connectivity index (χ0) is 31.4. The van der Waals surface area contributed by atoms with E-state index in [1.165, 1.54) is 46.1 Å². The maximum Gasteiger partial charge on any atom is 0.349 e. The molecule has 2 aliphatic rings. The lowest BCUT2D eigenvalue weighted by molar-refractivity contribution is -0.156. The van der Waals surface area contributed by atoms with Gasteiger partial charge in [0.2, 0.25) is 17.7 Å². The van der Waals surface area contributed by atoms with Crippen LogP contribution in [0.3, 0.4) is 0 Å². The molecule has 3 unspecified atom stereocenters. The van der Waals surface area contributed by atoms with Gasteiger partial charge in [0.1, 0.15) is 17.0 Å². The van der Waals surface area contributed by atoms with Crippen LogP contribution in [0.1, 0.15) is 61.4 Å². The summed E-state index contributed by atoms with van der Waals surface area (Å²) < 4.78 is 25.9. The third-order valence-electron chi connectivity index (χ3n) is 8.16. The van der Waals surface area contributed by atoms with Crippen LogP contribution in [-0.4, -0.2) is 36.4 Å². The van der Waals surface area contributed by atoms with E-state index in [9.17, 15) is 23.6 Å². The number of halogens is 3. The quantitative estimate of drug-likeness (QED) is 0.351. The van der Waals surface area contributed by atoms with Crippen molar-refractivity contribution in [3.63, 3.8) is 0 Å². The van der Waals surface area contributed by atoms with Crippen molar-refractivity contribution in [2.24, 2.45) is 0 Å². The standard InChI is InChI=1S/C32H29Cl2FN2O6/c1-16-6-9-20(35)14-21(16)28-32(23-10-7-19(34)13-25(23)37(17(2)38)29(32)40)24(15-27(39)36-28)22-12-18(33)8-11-26(22)43-31(3,4)30(41)42-5/h6-14,24,28H,15H2,1-5H3,(H,36,39). The van der Waals surface area contributed by atoms with Gasteiger partial charge in [0.25, 0.3) is 0 Å². The maximum absolute atomic E-state index is 14.9. The third-order valence-corrected chi connectivity index (χ3v) is 8.63. The summed E-state index contributed by atoms with van der Waals surface area (Å²) in [5, 5.41) is 3.51. The number of methoxy groups -OCH3 is 1. The van der Waals surface area contributed by atoms with Gasteiger partial charge in [-0.2, -0.15) is 0 Å². The van der Waals surface area contributed by atoms with Crippen molar-refractivity contribution in [2.45, 2.75) is 57.1 Å². The Hall–Kier alpha value is -3.95. The molecule has 0 radical (unpaired) electrons. The Labute approximate surface area is 258 Å². The summed E-state index contributed by atoms with van der Waals surface area (Å²) in [6.07, 6.45) is -0.222. The number of fused-ring (bicyclic) bond motifs is 2. The first-order valence-electron chi connectivity index (χ1n) is 13.5. The van der Waals surface area contributed by atoms with Gasteiger partial charge in [0.15, 0.2) is 5.60 Å². The van der Waals surface area contributed by atoms with Gasteiger partial charge in [-0.3, -0.25) is 14.4 Å². The number of amides is 3. The molecule has 3 aromatic rings. The zero-order valence-corrected chi connectivity index (χ0v) is 25.6. The fraction of sp³-hybridized carbons (Fsp3) is 0.312. The molecule has 1 N–H and O–H groups in total. The van der Waals surface area contributed by atoms with Crippen LogP contribution in [0.4, 0.5) is 10.1 Å². The predicted molar refractivity (Wildman–Crippen MR) is 159 cm³/mol. The molecule has 0 saturated carbocycles. The highest BCUT2D eigenvalue weighted by atomic mass is 35.5. The summed E-state index contributed by atoms with van der Waals surface area (Å²) in [4.78, 5) is 55.1. The molecule has 0 aliphatic carbocycles. The monoisotopic (exact) mass is 626 g/mol. The summed E-state index contributed by atoms with van der Waals surface area (Å²) in [5.74, 6) is -3.65. The van der Waals surface area contributed by atoms with Crippen molar-refractivity contribution >= 4 is 52.6 Å². The minimum atomic E-state index is -1.68. The van der Waals surface area contributed by atoms with Crippen molar-refractivity contribution in [2.75, 3.05) is 12.0 Å². The lowest BCUT2D eigenvalue weighted by Crippen LogP contribution is -2.59. The van der Waals surface area contributed by atoms with Gasteiger partial charge in [-0.1, -0.05) is 35.3 Å². The Kier molecular flexibility index (Phi) is 7.77. The van der Waals surface area contributed by atoms with Crippen LogP contribution in [0.2, 0.25) is 10.0 Å².